The molecule has 0 atom stereocenters. The minimum atomic E-state index is -0.410. The number of esters is 1. The van der Waals surface area contributed by atoms with Crippen LogP contribution in [0.3, 0.4) is 0 Å². The van der Waals surface area contributed by atoms with Gasteiger partial charge in [-0.25, -0.2) is 4.79 Å². The Morgan fingerprint density at radius 3 is 2.74 bits per heavy atom. The van der Waals surface area contributed by atoms with Crippen molar-refractivity contribution < 1.29 is 9.53 Å². The number of pyridine rings is 1. The molecular formula is C18H14ClNO3. The van der Waals surface area contributed by atoms with Gasteiger partial charge in [-0.15, -0.1) is 0 Å². The maximum absolute atomic E-state index is 11.9. The molecule has 0 amide bonds. The third-order valence-electron chi connectivity index (χ3n) is 3.66. The van der Waals surface area contributed by atoms with Crippen molar-refractivity contribution in [3.05, 3.63) is 80.6 Å². The molecule has 0 bridgehead atoms. The van der Waals surface area contributed by atoms with Crippen molar-refractivity contribution in [2.45, 2.75) is 6.42 Å². The van der Waals surface area contributed by atoms with Gasteiger partial charge in [0.05, 0.1) is 12.7 Å². The van der Waals surface area contributed by atoms with Crippen LogP contribution in [0.2, 0.25) is 5.02 Å². The van der Waals surface area contributed by atoms with E-state index in [0.29, 0.717) is 17.0 Å². The maximum atomic E-state index is 11.9. The van der Waals surface area contributed by atoms with Gasteiger partial charge in [-0.2, -0.15) is 0 Å². The minimum Gasteiger partial charge on any atom is -0.465 e. The third kappa shape index (κ3) is 3.27. The molecule has 4 nitrogen and oxygen atoms in total. The molecule has 5 heteroatoms. The second-order valence-corrected chi connectivity index (χ2v) is 5.65. The summed E-state index contributed by atoms with van der Waals surface area (Å²) < 4.78 is 4.82. The average molecular weight is 328 g/mol. The molecule has 1 N–H and O–H groups in total. The highest BCUT2D eigenvalue weighted by atomic mass is 35.5. The second kappa shape index (κ2) is 6.26. The highest BCUT2D eigenvalue weighted by Crippen LogP contribution is 2.21. The summed E-state index contributed by atoms with van der Waals surface area (Å²) in [5.74, 6) is -0.410. The van der Waals surface area contributed by atoms with E-state index in [0.717, 1.165) is 22.0 Å². The Bertz CT molecular complexity index is 946. The van der Waals surface area contributed by atoms with Crippen molar-refractivity contribution in [1.29, 1.82) is 0 Å². The van der Waals surface area contributed by atoms with Crippen molar-refractivity contribution in [2.75, 3.05) is 7.11 Å². The summed E-state index contributed by atoms with van der Waals surface area (Å²) in [5.41, 5.74) is 2.98. The number of rotatable bonds is 3. The summed E-state index contributed by atoms with van der Waals surface area (Å²) >= 11 is 5.97. The molecule has 0 radical (unpaired) electrons. The highest BCUT2D eigenvalue weighted by Gasteiger charge is 2.13. The first-order valence-electron chi connectivity index (χ1n) is 7.05. The summed E-state index contributed by atoms with van der Waals surface area (Å²) in [6.07, 6.45) is 0.566. The van der Waals surface area contributed by atoms with Gasteiger partial charge in [-0.05, 0) is 53.3 Å². The molecule has 116 valence electrons. The summed E-state index contributed by atoms with van der Waals surface area (Å²) in [6, 6.07) is 14.2. The Kier molecular flexibility index (Phi) is 4.17. The van der Waals surface area contributed by atoms with E-state index in [2.05, 4.69) is 4.98 Å². The molecule has 0 fully saturated rings. The van der Waals surface area contributed by atoms with Crippen LogP contribution >= 0.6 is 11.6 Å². The molecule has 0 spiro atoms. The number of aromatic nitrogens is 1. The lowest BCUT2D eigenvalue weighted by atomic mass is 9.98. The van der Waals surface area contributed by atoms with Crippen molar-refractivity contribution in [3.8, 4) is 0 Å². The number of hydrogen-bond donors (Lipinski definition) is 1. The van der Waals surface area contributed by atoms with Crippen LogP contribution in [0.15, 0.2) is 53.3 Å². The molecule has 3 aromatic rings. The number of halogens is 1. The van der Waals surface area contributed by atoms with Crippen LogP contribution in [0.4, 0.5) is 0 Å². The molecule has 0 aliphatic heterocycles. The van der Waals surface area contributed by atoms with Crippen molar-refractivity contribution in [3.63, 3.8) is 0 Å². The van der Waals surface area contributed by atoms with Crippen LogP contribution in [0.25, 0.3) is 10.9 Å². The van der Waals surface area contributed by atoms with E-state index in [-0.39, 0.29) is 5.56 Å². The van der Waals surface area contributed by atoms with E-state index in [1.54, 1.807) is 18.2 Å². The topological polar surface area (TPSA) is 59.2 Å². The number of carbonyl (C=O) groups is 1. The van der Waals surface area contributed by atoms with Crippen LogP contribution in [0.1, 0.15) is 21.5 Å². The van der Waals surface area contributed by atoms with Crippen molar-refractivity contribution in [2.24, 2.45) is 0 Å². The molecule has 0 saturated heterocycles. The fraction of sp³-hybridized carbons (Fsp3) is 0.111. The number of hydrogen-bond acceptors (Lipinski definition) is 3. The second-order valence-electron chi connectivity index (χ2n) is 5.21. The summed E-state index contributed by atoms with van der Waals surface area (Å²) in [6.45, 7) is 0. The van der Waals surface area contributed by atoms with Crippen LogP contribution in [0, 0.1) is 0 Å². The van der Waals surface area contributed by atoms with Gasteiger partial charge in [0.2, 0.25) is 5.56 Å². The van der Waals surface area contributed by atoms with E-state index in [1.807, 2.05) is 24.3 Å². The lowest BCUT2D eigenvalue weighted by Gasteiger charge is -2.09. The molecule has 1 aromatic heterocycles. The fourth-order valence-electron chi connectivity index (χ4n) is 2.54. The molecule has 0 unspecified atom stereocenters. The number of benzene rings is 2. The molecule has 23 heavy (non-hydrogen) atoms. The quantitative estimate of drug-likeness (QED) is 0.748. The first kappa shape index (κ1) is 15.3. The maximum Gasteiger partial charge on any atom is 0.338 e. The van der Waals surface area contributed by atoms with Gasteiger partial charge in [-0.3, -0.25) is 4.79 Å². The smallest absolute Gasteiger partial charge is 0.338 e. The molecule has 3 rings (SSSR count). The Morgan fingerprint density at radius 2 is 1.96 bits per heavy atom. The number of ether oxygens (including phenoxy) is 1. The summed E-state index contributed by atoms with van der Waals surface area (Å²) in [5, 5.41) is 1.43. The van der Waals surface area contributed by atoms with Crippen LogP contribution in [0.5, 0.6) is 0 Å². The fourth-order valence-corrected chi connectivity index (χ4v) is 2.71. The zero-order valence-electron chi connectivity index (χ0n) is 12.4. The summed E-state index contributed by atoms with van der Waals surface area (Å²) in [7, 11) is 1.35. The van der Waals surface area contributed by atoms with Crippen LogP contribution < -0.4 is 5.56 Å². The lowest BCUT2D eigenvalue weighted by Crippen LogP contribution is -2.06. The zero-order chi connectivity index (χ0) is 16.4. The van der Waals surface area contributed by atoms with Gasteiger partial charge >= 0.3 is 5.97 Å². The number of H-pyrrole nitrogens is 1. The molecule has 0 aliphatic carbocycles. The predicted molar refractivity (Wildman–Crippen MR) is 90.2 cm³/mol. The Labute approximate surface area is 137 Å². The molecule has 0 saturated carbocycles. The van der Waals surface area contributed by atoms with Gasteiger partial charge in [0, 0.05) is 16.6 Å². The first-order valence-corrected chi connectivity index (χ1v) is 7.43. The normalized spacial score (nSPS) is 10.7. The molecule has 2 aromatic carbocycles. The highest BCUT2D eigenvalue weighted by molar-refractivity contribution is 6.31. The molecule has 1 heterocycles. The molecular weight excluding hydrogens is 314 g/mol. The van der Waals surface area contributed by atoms with E-state index in [9.17, 15) is 9.59 Å². The SMILES string of the molecule is COC(=O)c1cc(Cl)ccc1Cc1ccc2[nH]c(=O)ccc2c1. The number of aromatic amines is 1. The van der Waals surface area contributed by atoms with Crippen molar-refractivity contribution in [1.82, 2.24) is 4.98 Å². The van der Waals surface area contributed by atoms with Gasteiger partial charge in [-0.1, -0.05) is 23.7 Å². The number of carbonyl (C=O) groups excluding carboxylic acids is 1. The number of nitrogens with one attached hydrogen (secondary N) is 1. The van der Waals surface area contributed by atoms with E-state index in [1.165, 1.54) is 13.2 Å². The van der Waals surface area contributed by atoms with Crippen molar-refractivity contribution >= 4 is 28.5 Å². The predicted octanol–water partition coefficient (Wildman–Crippen LogP) is 3.56. The van der Waals surface area contributed by atoms with Gasteiger partial charge < -0.3 is 9.72 Å². The van der Waals surface area contributed by atoms with Gasteiger partial charge in [0.1, 0.15) is 0 Å². The Balaban J connectivity index is 2.00. The zero-order valence-corrected chi connectivity index (χ0v) is 13.2. The standard InChI is InChI=1S/C18H14ClNO3/c1-23-18(22)15-10-14(19)5-3-12(15)8-11-2-6-16-13(9-11)4-7-17(21)20-16/h2-7,9-10H,8H2,1H3,(H,20,21). The van der Waals surface area contributed by atoms with Gasteiger partial charge in [0.25, 0.3) is 0 Å². The van der Waals surface area contributed by atoms with E-state index in [4.69, 9.17) is 16.3 Å². The largest absolute Gasteiger partial charge is 0.465 e. The molecule has 0 aliphatic rings. The average Bonchev–Trinajstić information content (AvgIpc) is 2.56. The lowest BCUT2D eigenvalue weighted by molar-refractivity contribution is 0.0599. The minimum absolute atomic E-state index is 0.129. The van der Waals surface area contributed by atoms with E-state index < -0.39 is 5.97 Å². The van der Waals surface area contributed by atoms with E-state index >= 15 is 0 Å². The summed E-state index contributed by atoms with van der Waals surface area (Å²) in [4.78, 5) is 26.0. The third-order valence-corrected chi connectivity index (χ3v) is 3.90. The Hall–Kier alpha value is -2.59. The van der Waals surface area contributed by atoms with Gasteiger partial charge in [0.15, 0.2) is 0 Å². The Morgan fingerprint density at radius 1 is 1.13 bits per heavy atom. The number of methoxy groups -OCH3 is 1. The number of fused-ring (bicyclic) bond motifs is 1. The first-order chi connectivity index (χ1) is 11.1. The van der Waals surface area contributed by atoms with Crippen LogP contribution in [-0.2, 0) is 11.2 Å². The monoisotopic (exact) mass is 327 g/mol. The van der Waals surface area contributed by atoms with Crippen LogP contribution in [-0.4, -0.2) is 18.1 Å².